The second kappa shape index (κ2) is 5.45. The summed E-state index contributed by atoms with van der Waals surface area (Å²) >= 11 is 6.17. The SMILES string of the molecule is CCCc1nc(Cl)c(C)c(-c2cc3cccc(F)c3o2)n1. The molecule has 0 radical (unpaired) electrons. The van der Waals surface area contributed by atoms with Gasteiger partial charge in [0.2, 0.25) is 0 Å². The van der Waals surface area contributed by atoms with Crippen LogP contribution in [0.2, 0.25) is 5.15 Å². The third kappa shape index (κ3) is 2.51. The van der Waals surface area contributed by atoms with E-state index >= 15 is 0 Å². The number of hydrogen-bond donors (Lipinski definition) is 0. The van der Waals surface area contributed by atoms with Crippen LogP contribution in [0.15, 0.2) is 28.7 Å². The van der Waals surface area contributed by atoms with Gasteiger partial charge in [-0.1, -0.05) is 30.7 Å². The molecule has 0 N–H and O–H groups in total. The van der Waals surface area contributed by atoms with Gasteiger partial charge in [-0.05, 0) is 25.5 Å². The number of hydrogen-bond acceptors (Lipinski definition) is 3. The van der Waals surface area contributed by atoms with E-state index in [0.717, 1.165) is 18.4 Å². The number of fused-ring (bicyclic) bond motifs is 1. The molecular formula is C16H14ClFN2O. The Bertz CT molecular complexity index is 813. The number of halogens is 2. The number of rotatable bonds is 3. The monoisotopic (exact) mass is 304 g/mol. The normalized spacial score (nSPS) is 11.2. The molecule has 0 fully saturated rings. The van der Waals surface area contributed by atoms with Crippen LogP contribution in [0.5, 0.6) is 0 Å². The van der Waals surface area contributed by atoms with Crippen molar-refractivity contribution in [2.75, 3.05) is 0 Å². The Morgan fingerprint density at radius 3 is 2.81 bits per heavy atom. The molecule has 0 saturated carbocycles. The largest absolute Gasteiger partial charge is 0.451 e. The molecule has 2 heterocycles. The van der Waals surface area contributed by atoms with Crippen molar-refractivity contribution in [3.63, 3.8) is 0 Å². The Kier molecular flexibility index (Phi) is 3.64. The highest BCUT2D eigenvalue weighted by atomic mass is 35.5. The highest BCUT2D eigenvalue weighted by Gasteiger charge is 2.16. The Labute approximate surface area is 126 Å². The van der Waals surface area contributed by atoms with Crippen LogP contribution in [0.4, 0.5) is 4.39 Å². The van der Waals surface area contributed by atoms with Gasteiger partial charge in [0.25, 0.3) is 0 Å². The molecule has 3 aromatic rings. The van der Waals surface area contributed by atoms with Crippen molar-refractivity contribution in [3.8, 4) is 11.5 Å². The Balaban J connectivity index is 2.19. The molecule has 2 aromatic heterocycles. The van der Waals surface area contributed by atoms with Crippen molar-refractivity contribution in [2.45, 2.75) is 26.7 Å². The lowest BCUT2D eigenvalue weighted by Crippen LogP contribution is -2.00. The average Bonchev–Trinajstić information content (AvgIpc) is 2.88. The van der Waals surface area contributed by atoms with E-state index in [4.69, 9.17) is 16.0 Å². The zero-order valence-corrected chi connectivity index (χ0v) is 12.5. The van der Waals surface area contributed by atoms with Crippen molar-refractivity contribution in [1.29, 1.82) is 0 Å². The van der Waals surface area contributed by atoms with E-state index in [1.165, 1.54) is 6.07 Å². The van der Waals surface area contributed by atoms with E-state index in [0.29, 0.717) is 27.8 Å². The van der Waals surface area contributed by atoms with Crippen LogP contribution < -0.4 is 0 Å². The molecular weight excluding hydrogens is 291 g/mol. The minimum absolute atomic E-state index is 0.235. The first-order valence-electron chi connectivity index (χ1n) is 6.81. The van der Waals surface area contributed by atoms with Crippen LogP contribution in [0.1, 0.15) is 24.7 Å². The van der Waals surface area contributed by atoms with Crippen LogP contribution >= 0.6 is 11.6 Å². The first-order chi connectivity index (χ1) is 10.1. The summed E-state index contributed by atoms with van der Waals surface area (Å²) < 4.78 is 19.4. The summed E-state index contributed by atoms with van der Waals surface area (Å²) in [5.74, 6) is 0.795. The van der Waals surface area contributed by atoms with Gasteiger partial charge in [-0.15, -0.1) is 0 Å². The van der Waals surface area contributed by atoms with Crippen LogP contribution in [-0.4, -0.2) is 9.97 Å². The number of nitrogens with zero attached hydrogens (tertiary/aromatic N) is 2. The maximum absolute atomic E-state index is 13.7. The van der Waals surface area contributed by atoms with Gasteiger partial charge in [-0.25, -0.2) is 14.4 Å². The van der Waals surface area contributed by atoms with Gasteiger partial charge < -0.3 is 4.42 Å². The third-order valence-corrected chi connectivity index (χ3v) is 3.70. The molecule has 3 rings (SSSR count). The van der Waals surface area contributed by atoms with Gasteiger partial charge in [0.15, 0.2) is 17.2 Å². The predicted molar refractivity (Wildman–Crippen MR) is 80.9 cm³/mol. The van der Waals surface area contributed by atoms with E-state index in [1.807, 2.05) is 13.8 Å². The maximum Gasteiger partial charge on any atom is 0.170 e. The van der Waals surface area contributed by atoms with Crippen LogP contribution in [0.3, 0.4) is 0 Å². The molecule has 0 amide bonds. The molecule has 0 atom stereocenters. The van der Waals surface area contributed by atoms with Crippen LogP contribution in [0, 0.1) is 12.7 Å². The van der Waals surface area contributed by atoms with E-state index < -0.39 is 0 Å². The Morgan fingerprint density at radius 2 is 2.10 bits per heavy atom. The molecule has 21 heavy (non-hydrogen) atoms. The van der Waals surface area contributed by atoms with Crippen molar-refractivity contribution in [3.05, 3.63) is 46.6 Å². The van der Waals surface area contributed by atoms with Gasteiger partial charge in [0.1, 0.15) is 16.7 Å². The minimum atomic E-state index is -0.384. The van der Waals surface area contributed by atoms with Crippen LogP contribution in [0.25, 0.3) is 22.4 Å². The average molecular weight is 305 g/mol. The van der Waals surface area contributed by atoms with E-state index in [1.54, 1.807) is 18.2 Å². The topological polar surface area (TPSA) is 38.9 Å². The Morgan fingerprint density at radius 1 is 1.29 bits per heavy atom. The quantitative estimate of drug-likeness (QED) is 0.643. The summed E-state index contributed by atoms with van der Waals surface area (Å²) in [7, 11) is 0. The highest BCUT2D eigenvalue weighted by molar-refractivity contribution is 6.30. The smallest absolute Gasteiger partial charge is 0.170 e. The van der Waals surface area contributed by atoms with Gasteiger partial charge in [0, 0.05) is 17.4 Å². The lowest BCUT2D eigenvalue weighted by Gasteiger charge is -2.06. The summed E-state index contributed by atoms with van der Waals surface area (Å²) in [5.41, 5.74) is 1.59. The molecule has 5 heteroatoms. The highest BCUT2D eigenvalue weighted by Crippen LogP contribution is 2.32. The summed E-state index contributed by atoms with van der Waals surface area (Å²) in [5, 5.41) is 1.11. The zero-order valence-electron chi connectivity index (χ0n) is 11.8. The molecule has 0 aliphatic heterocycles. The summed E-state index contributed by atoms with van der Waals surface area (Å²) in [6.45, 7) is 3.88. The van der Waals surface area contributed by atoms with Crippen molar-refractivity contribution in [2.24, 2.45) is 0 Å². The third-order valence-electron chi connectivity index (χ3n) is 3.34. The van der Waals surface area contributed by atoms with Crippen molar-refractivity contribution < 1.29 is 8.81 Å². The molecule has 0 aliphatic carbocycles. The molecule has 108 valence electrons. The molecule has 0 spiro atoms. The number of benzene rings is 1. The minimum Gasteiger partial charge on any atom is -0.451 e. The summed E-state index contributed by atoms with van der Waals surface area (Å²) in [6.07, 6.45) is 1.66. The molecule has 1 aromatic carbocycles. The zero-order chi connectivity index (χ0) is 15.0. The van der Waals surface area contributed by atoms with Crippen LogP contribution in [-0.2, 0) is 6.42 Å². The number of aryl methyl sites for hydroxylation is 1. The lowest BCUT2D eigenvalue weighted by atomic mass is 10.2. The fourth-order valence-electron chi connectivity index (χ4n) is 2.25. The van der Waals surface area contributed by atoms with E-state index in [9.17, 15) is 4.39 Å². The molecule has 0 bridgehead atoms. The number of furan rings is 1. The van der Waals surface area contributed by atoms with E-state index in [-0.39, 0.29) is 11.4 Å². The van der Waals surface area contributed by atoms with Crippen molar-refractivity contribution >= 4 is 22.6 Å². The number of aromatic nitrogens is 2. The van der Waals surface area contributed by atoms with Gasteiger partial charge in [-0.2, -0.15) is 0 Å². The summed E-state index contributed by atoms with van der Waals surface area (Å²) in [4.78, 5) is 8.76. The summed E-state index contributed by atoms with van der Waals surface area (Å²) in [6, 6.07) is 6.60. The predicted octanol–water partition coefficient (Wildman–Crippen LogP) is 4.94. The fraction of sp³-hybridized carbons (Fsp3) is 0.250. The van der Waals surface area contributed by atoms with E-state index in [2.05, 4.69) is 9.97 Å². The Hall–Kier alpha value is -1.94. The standard InChI is InChI=1S/C16H14ClFN2O/c1-3-5-13-19-14(9(2)16(17)20-13)12-8-10-6-4-7-11(18)15(10)21-12/h4,6-8H,3,5H2,1-2H3. The molecule has 0 unspecified atom stereocenters. The lowest BCUT2D eigenvalue weighted by molar-refractivity contribution is 0.567. The molecule has 0 aliphatic rings. The second-order valence-corrected chi connectivity index (χ2v) is 5.28. The second-order valence-electron chi connectivity index (χ2n) is 4.92. The van der Waals surface area contributed by atoms with Gasteiger partial charge in [-0.3, -0.25) is 0 Å². The molecule has 0 saturated heterocycles. The number of para-hydroxylation sites is 1. The maximum atomic E-state index is 13.7. The van der Waals surface area contributed by atoms with Gasteiger partial charge >= 0.3 is 0 Å². The first kappa shape index (κ1) is 14.0. The van der Waals surface area contributed by atoms with Gasteiger partial charge in [0.05, 0.1) is 0 Å². The molecule has 3 nitrogen and oxygen atoms in total. The first-order valence-corrected chi connectivity index (χ1v) is 7.19. The fourth-order valence-corrected chi connectivity index (χ4v) is 2.44. The van der Waals surface area contributed by atoms with Crippen molar-refractivity contribution in [1.82, 2.24) is 9.97 Å².